The van der Waals surface area contributed by atoms with Crippen LogP contribution < -0.4 is 10.6 Å². The maximum atomic E-state index is 12.1. The Labute approximate surface area is 233 Å². The van der Waals surface area contributed by atoms with E-state index in [0.29, 0.717) is 18.1 Å². The zero-order chi connectivity index (χ0) is 28.7. The number of fused-ring (bicyclic) bond motifs is 2. The van der Waals surface area contributed by atoms with Crippen molar-refractivity contribution in [2.75, 3.05) is 10.6 Å². The van der Waals surface area contributed by atoms with Gasteiger partial charge in [-0.1, -0.05) is 6.07 Å². The van der Waals surface area contributed by atoms with Crippen LogP contribution in [0.3, 0.4) is 0 Å². The van der Waals surface area contributed by atoms with Crippen molar-refractivity contribution >= 4 is 45.0 Å². The Balaban J connectivity index is 1.42. The van der Waals surface area contributed by atoms with E-state index in [1.54, 1.807) is 32.2 Å². The smallest absolute Gasteiger partial charge is 0.412 e. The first-order valence-corrected chi connectivity index (χ1v) is 13.2. The molecule has 0 aliphatic carbocycles. The Morgan fingerprint density at radius 2 is 1.68 bits per heavy atom. The summed E-state index contributed by atoms with van der Waals surface area (Å²) in [6, 6.07) is 15.4. The van der Waals surface area contributed by atoms with E-state index >= 15 is 0 Å². The number of hydrogen-bond acceptors (Lipinski definition) is 7. The normalized spacial score (nSPS) is 12.1. The third-order valence-electron chi connectivity index (χ3n) is 6.34. The second kappa shape index (κ2) is 10.2. The number of pyridine rings is 2. The van der Waals surface area contributed by atoms with Crippen LogP contribution in [0.15, 0.2) is 67.1 Å². The summed E-state index contributed by atoms with van der Waals surface area (Å²) >= 11 is 0. The number of aromatic nitrogens is 4. The lowest BCUT2D eigenvalue weighted by Crippen LogP contribution is -2.27. The van der Waals surface area contributed by atoms with Gasteiger partial charge in [-0.05, 0) is 89.6 Å². The number of carbonyl (C=O) groups is 1. The van der Waals surface area contributed by atoms with Crippen molar-refractivity contribution in [3.63, 3.8) is 0 Å². The predicted molar refractivity (Wildman–Crippen MR) is 159 cm³/mol. The number of ether oxygens (including phenoxy) is 1. The average Bonchev–Trinajstić information content (AvgIpc) is 3.26. The molecule has 40 heavy (non-hydrogen) atoms. The fraction of sp³-hybridized carbons (Fsp3) is 0.290. The molecule has 3 aromatic heterocycles. The molecule has 0 fully saturated rings. The van der Waals surface area contributed by atoms with Gasteiger partial charge in [0.05, 0.1) is 29.6 Å². The van der Waals surface area contributed by atoms with E-state index in [2.05, 4.69) is 33.7 Å². The fourth-order valence-corrected chi connectivity index (χ4v) is 4.60. The highest BCUT2D eigenvalue weighted by Crippen LogP contribution is 2.34. The minimum atomic E-state index is -0.867. The number of nitrogens with one attached hydrogen (secondary N) is 2. The van der Waals surface area contributed by atoms with Gasteiger partial charge in [-0.2, -0.15) is 5.10 Å². The molecule has 0 radical (unpaired) electrons. The average molecular weight is 539 g/mol. The molecular weight excluding hydrogens is 504 g/mol. The topological polar surface area (TPSA) is 114 Å². The van der Waals surface area contributed by atoms with Gasteiger partial charge in [-0.15, -0.1) is 0 Å². The highest BCUT2D eigenvalue weighted by molar-refractivity contribution is 5.99. The van der Waals surface area contributed by atoms with E-state index < -0.39 is 17.3 Å². The van der Waals surface area contributed by atoms with E-state index in [-0.39, 0.29) is 0 Å². The summed E-state index contributed by atoms with van der Waals surface area (Å²) in [5, 5.41) is 23.9. The van der Waals surface area contributed by atoms with Gasteiger partial charge in [-0.3, -0.25) is 15.0 Å². The van der Waals surface area contributed by atoms with Crippen LogP contribution in [0.4, 0.5) is 22.0 Å². The van der Waals surface area contributed by atoms with E-state index in [1.807, 2.05) is 68.2 Å². The summed E-state index contributed by atoms with van der Waals surface area (Å²) in [6.07, 6.45) is 4.98. The van der Waals surface area contributed by atoms with Crippen molar-refractivity contribution in [1.29, 1.82) is 0 Å². The highest BCUT2D eigenvalue weighted by Gasteiger charge is 2.19. The van der Waals surface area contributed by atoms with Crippen molar-refractivity contribution in [3.05, 3.63) is 72.7 Å². The third-order valence-corrected chi connectivity index (χ3v) is 6.34. The molecule has 0 aliphatic rings. The van der Waals surface area contributed by atoms with Gasteiger partial charge in [0.2, 0.25) is 0 Å². The van der Waals surface area contributed by atoms with Crippen molar-refractivity contribution in [2.24, 2.45) is 0 Å². The fourth-order valence-electron chi connectivity index (χ4n) is 4.60. The lowest BCUT2D eigenvalue weighted by atomic mass is 9.98. The van der Waals surface area contributed by atoms with Gasteiger partial charge in [0, 0.05) is 45.5 Å². The van der Waals surface area contributed by atoms with Crippen molar-refractivity contribution in [3.8, 4) is 11.3 Å². The van der Waals surface area contributed by atoms with E-state index in [1.165, 1.54) is 0 Å². The number of aryl methyl sites for hydroxylation is 1. The number of carbonyl (C=O) groups excluding carboxylic acids is 1. The minimum absolute atomic E-state index is 0.403. The molecule has 0 aliphatic heterocycles. The maximum Gasteiger partial charge on any atom is 0.412 e. The van der Waals surface area contributed by atoms with Crippen LogP contribution in [0.2, 0.25) is 0 Å². The van der Waals surface area contributed by atoms with Crippen LogP contribution in [0, 0.1) is 6.92 Å². The molecule has 0 atom stereocenters. The Morgan fingerprint density at radius 3 is 2.38 bits per heavy atom. The highest BCUT2D eigenvalue weighted by atomic mass is 16.6. The number of benzene rings is 2. The van der Waals surface area contributed by atoms with Gasteiger partial charge in [-0.25, -0.2) is 9.78 Å². The molecular formula is C31H34N6O3. The first kappa shape index (κ1) is 27.1. The third kappa shape index (κ3) is 6.05. The first-order valence-electron chi connectivity index (χ1n) is 13.2. The lowest BCUT2D eigenvalue weighted by Gasteiger charge is -2.19. The number of amides is 1. The summed E-state index contributed by atoms with van der Waals surface area (Å²) in [5.41, 5.74) is 3.93. The molecule has 3 heterocycles. The Morgan fingerprint density at radius 1 is 0.950 bits per heavy atom. The SMILES string of the molecule is Cc1c(-c2nccc3cnc(Nc4ccc(NC(=O)OC(C)(C)C)cc4)cc23)ccc2c1cnn2CC(C)(C)O. The van der Waals surface area contributed by atoms with Crippen LogP contribution in [0.5, 0.6) is 0 Å². The molecule has 0 unspecified atom stereocenters. The number of anilines is 3. The molecule has 0 bridgehead atoms. The maximum absolute atomic E-state index is 12.1. The number of hydrogen-bond donors (Lipinski definition) is 3. The summed E-state index contributed by atoms with van der Waals surface area (Å²) in [6.45, 7) is 11.5. The van der Waals surface area contributed by atoms with Crippen LogP contribution in [0.1, 0.15) is 40.2 Å². The second-order valence-electron chi connectivity index (χ2n) is 11.6. The molecule has 206 valence electrons. The van der Waals surface area contributed by atoms with Crippen LogP contribution in [-0.2, 0) is 11.3 Å². The second-order valence-corrected chi connectivity index (χ2v) is 11.6. The quantitative estimate of drug-likeness (QED) is 0.217. The van der Waals surface area contributed by atoms with E-state index in [0.717, 1.165) is 44.2 Å². The van der Waals surface area contributed by atoms with Crippen LogP contribution in [0.25, 0.3) is 32.9 Å². The number of rotatable bonds is 6. The summed E-state index contributed by atoms with van der Waals surface area (Å²) < 4.78 is 7.15. The standard InChI is InChI=1S/C31H34N6O3/c1-19-23(11-12-26-25(19)17-34-37(26)18-31(5,6)39)28-24-15-27(33-16-20(24)13-14-32-28)35-21-7-9-22(10-8-21)36-29(38)40-30(2,3)4/h7-17,39H,18H2,1-6H3,(H,33,35)(H,36,38). The minimum Gasteiger partial charge on any atom is -0.444 e. The summed E-state index contributed by atoms with van der Waals surface area (Å²) in [4.78, 5) is 21.4. The Kier molecular flexibility index (Phi) is 6.93. The molecule has 9 nitrogen and oxygen atoms in total. The zero-order valence-corrected chi connectivity index (χ0v) is 23.6. The molecule has 1 amide bonds. The van der Waals surface area contributed by atoms with Gasteiger partial charge in [0.1, 0.15) is 11.4 Å². The first-order chi connectivity index (χ1) is 18.9. The van der Waals surface area contributed by atoms with Gasteiger partial charge >= 0.3 is 6.09 Å². The molecule has 9 heteroatoms. The molecule has 5 rings (SSSR count). The largest absolute Gasteiger partial charge is 0.444 e. The molecule has 3 N–H and O–H groups in total. The number of nitrogens with zero attached hydrogens (tertiary/aromatic N) is 4. The van der Waals surface area contributed by atoms with Crippen LogP contribution in [-0.4, -0.2) is 42.2 Å². The van der Waals surface area contributed by atoms with Crippen molar-refractivity contribution in [2.45, 2.75) is 59.3 Å². The predicted octanol–water partition coefficient (Wildman–Crippen LogP) is 6.82. The van der Waals surface area contributed by atoms with Crippen LogP contribution >= 0.6 is 0 Å². The van der Waals surface area contributed by atoms with Gasteiger partial charge in [0.25, 0.3) is 0 Å². The van der Waals surface area contributed by atoms with Crippen molar-refractivity contribution in [1.82, 2.24) is 19.7 Å². The molecule has 0 spiro atoms. The van der Waals surface area contributed by atoms with Gasteiger partial charge < -0.3 is 15.2 Å². The van der Waals surface area contributed by atoms with E-state index in [9.17, 15) is 9.90 Å². The monoisotopic (exact) mass is 538 g/mol. The Hall–Kier alpha value is -4.50. The van der Waals surface area contributed by atoms with Crippen molar-refractivity contribution < 1.29 is 14.6 Å². The molecule has 0 saturated heterocycles. The summed E-state index contributed by atoms with van der Waals surface area (Å²) in [5.74, 6) is 0.673. The zero-order valence-electron chi connectivity index (χ0n) is 23.6. The Bertz CT molecular complexity index is 1700. The lowest BCUT2D eigenvalue weighted by molar-refractivity contribution is 0.0590. The summed E-state index contributed by atoms with van der Waals surface area (Å²) in [7, 11) is 0. The molecule has 5 aromatic rings. The molecule has 0 saturated carbocycles. The van der Waals surface area contributed by atoms with Gasteiger partial charge in [0.15, 0.2) is 0 Å². The molecule has 2 aromatic carbocycles. The number of aliphatic hydroxyl groups is 1. The van der Waals surface area contributed by atoms with E-state index in [4.69, 9.17) is 9.72 Å².